The van der Waals surface area contributed by atoms with Crippen LogP contribution in [0.4, 0.5) is 0 Å². The van der Waals surface area contributed by atoms with Crippen LogP contribution in [0.15, 0.2) is 72.9 Å². The Kier molecular flexibility index (Phi) is 59.3. The zero-order valence-electron chi connectivity index (χ0n) is 47.2. The van der Waals surface area contributed by atoms with Crippen molar-refractivity contribution >= 4 is 11.9 Å². The monoisotopic (exact) mass is 991 g/mol. The summed E-state index contributed by atoms with van der Waals surface area (Å²) in [5.41, 5.74) is 0. The SMILES string of the molecule is CC/C=C\C/C=C\C/C=C\C/C=C\C/C=C\C/C=C\CCCCCCCCCCC(=O)OC(CO)COC(=O)CCCCCCCCCCCCCCCCCCCCCCCCCCCCCCCC. The molecule has 0 aromatic carbocycles. The third kappa shape index (κ3) is 59.8. The van der Waals surface area contributed by atoms with Crippen molar-refractivity contribution in [3.05, 3.63) is 72.9 Å². The summed E-state index contributed by atoms with van der Waals surface area (Å²) in [4.78, 5) is 24.6. The third-order valence-corrected chi connectivity index (χ3v) is 13.8. The van der Waals surface area contributed by atoms with Gasteiger partial charge in [-0.2, -0.15) is 0 Å². The second-order valence-electron chi connectivity index (χ2n) is 20.8. The number of hydrogen-bond acceptors (Lipinski definition) is 5. The Morgan fingerprint density at radius 3 is 0.915 bits per heavy atom. The van der Waals surface area contributed by atoms with Crippen molar-refractivity contribution in [1.82, 2.24) is 0 Å². The minimum atomic E-state index is -0.780. The van der Waals surface area contributed by atoms with Gasteiger partial charge in [0.25, 0.3) is 0 Å². The molecule has 0 spiro atoms. The molecule has 5 heteroatoms. The van der Waals surface area contributed by atoms with Crippen LogP contribution in [0, 0.1) is 0 Å². The Labute approximate surface area is 442 Å². The van der Waals surface area contributed by atoms with E-state index in [0.29, 0.717) is 12.8 Å². The summed E-state index contributed by atoms with van der Waals surface area (Å²) >= 11 is 0. The van der Waals surface area contributed by atoms with Gasteiger partial charge in [-0.1, -0.05) is 311 Å². The van der Waals surface area contributed by atoms with Gasteiger partial charge in [0, 0.05) is 12.8 Å². The van der Waals surface area contributed by atoms with Crippen LogP contribution in [0.25, 0.3) is 0 Å². The summed E-state index contributed by atoms with van der Waals surface area (Å²) in [5, 5.41) is 9.67. The number of ether oxygens (including phenoxy) is 2. The molecular weight excluding hydrogens is 873 g/mol. The van der Waals surface area contributed by atoms with Gasteiger partial charge in [-0.05, 0) is 64.2 Å². The minimum absolute atomic E-state index is 0.0687. The molecule has 0 fully saturated rings. The van der Waals surface area contributed by atoms with Gasteiger partial charge in [0.2, 0.25) is 0 Å². The molecule has 0 aliphatic carbocycles. The van der Waals surface area contributed by atoms with Crippen molar-refractivity contribution in [3.8, 4) is 0 Å². The molecule has 0 amide bonds. The Morgan fingerprint density at radius 1 is 0.338 bits per heavy atom. The Balaban J connectivity index is 3.47. The Hall–Kier alpha value is -2.66. The van der Waals surface area contributed by atoms with Gasteiger partial charge in [-0.15, -0.1) is 0 Å². The van der Waals surface area contributed by atoms with Crippen molar-refractivity contribution in [1.29, 1.82) is 0 Å². The maximum absolute atomic E-state index is 12.3. The molecule has 1 atom stereocenters. The van der Waals surface area contributed by atoms with E-state index in [1.165, 1.54) is 205 Å². The fourth-order valence-corrected chi connectivity index (χ4v) is 9.15. The number of carbonyl (C=O) groups excluding carboxylic acids is 2. The average Bonchev–Trinajstić information content (AvgIpc) is 3.37. The van der Waals surface area contributed by atoms with Gasteiger partial charge >= 0.3 is 11.9 Å². The van der Waals surface area contributed by atoms with E-state index in [1.54, 1.807) is 0 Å². The number of rotatable bonds is 57. The number of carbonyl (C=O) groups is 2. The second-order valence-corrected chi connectivity index (χ2v) is 20.8. The molecule has 0 saturated heterocycles. The standard InChI is InChI=1S/C66H118O5/c1-3-5-7-9-11-13-15-17-19-21-23-25-27-29-31-32-33-35-36-38-40-42-44-46-48-50-52-54-56-58-60-65(68)70-63-64(62-67)71-66(69)61-59-57-55-53-51-49-47-45-43-41-39-37-34-30-28-26-24-22-20-18-16-14-12-10-8-6-4-2/h6,8,12,14,18,20,24,26,30,34,39,41,64,67H,3-5,7,9-11,13,15-17,19,21-23,25,27-29,31-33,35-38,40,42-63H2,1-2H3/b8-6-,14-12-,20-18-,26-24-,34-30-,41-39-. The molecule has 412 valence electrons. The maximum atomic E-state index is 12.3. The molecule has 71 heavy (non-hydrogen) atoms. The zero-order chi connectivity index (χ0) is 51.3. The van der Waals surface area contributed by atoms with Crippen molar-refractivity contribution in [3.63, 3.8) is 0 Å². The van der Waals surface area contributed by atoms with Gasteiger partial charge in [0.15, 0.2) is 6.10 Å². The van der Waals surface area contributed by atoms with Crippen molar-refractivity contribution in [2.45, 2.75) is 322 Å². The molecule has 0 aromatic heterocycles. The van der Waals surface area contributed by atoms with Crippen LogP contribution in [0.1, 0.15) is 316 Å². The van der Waals surface area contributed by atoms with Crippen LogP contribution in [-0.2, 0) is 19.1 Å². The molecule has 5 nitrogen and oxygen atoms in total. The van der Waals surface area contributed by atoms with Crippen molar-refractivity contribution in [2.24, 2.45) is 0 Å². The van der Waals surface area contributed by atoms with Gasteiger partial charge in [0.05, 0.1) is 6.61 Å². The average molecular weight is 992 g/mol. The van der Waals surface area contributed by atoms with Crippen LogP contribution in [0.2, 0.25) is 0 Å². The number of hydrogen-bond donors (Lipinski definition) is 1. The second kappa shape index (κ2) is 61.6. The van der Waals surface area contributed by atoms with E-state index in [2.05, 4.69) is 86.8 Å². The number of unbranched alkanes of at least 4 members (excludes halogenated alkanes) is 37. The summed E-state index contributed by atoms with van der Waals surface area (Å²) in [6.45, 7) is 4.06. The molecule has 0 bridgehead atoms. The highest BCUT2D eigenvalue weighted by Crippen LogP contribution is 2.18. The highest BCUT2D eigenvalue weighted by molar-refractivity contribution is 5.70. The highest BCUT2D eigenvalue weighted by atomic mass is 16.6. The van der Waals surface area contributed by atoms with Crippen LogP contribution in [-0.4, -0.2) is 36.4 Å². The normalized spacial score (nSPS) is 12.7. The van der Waals surface area contributed by atoms with E-state index in [4.69, 9.17) is 9.47 Å². The lowest BCUT2D eigenvalue weighted by molar-refractivity contribution is -0.161. The number of esters is 2. The summed E-state index contributed by atoms with van der Waals surface area (Å²) in [5.74, 6) is -0.589. The molecule has 0 rings (SSSR count). The molecule has 0 aliphatic rings. The smallest absolute Gasteiger partial charge is 0.306 e. The molecule has 0 aromatic rings. The van der Waals surface area contributed by atoms with Crippen LogP contribution in [0.3, 0.4) is 0 Å². The summed E-state index contributed by atoms with van der Waals surface area (Å²) < 4.78 is 10.7. The first-order chi connectivity index (χ1) is 35.1. The molecular formula is C66H118O5. The van der Waals surface area contributed by atoms with E-state index < -0.39 is 6.10 Å². The quantitative estimate of drug-likeness (QED) is 0.0373. The summed E-state index contributed by atoms with van der Waals surface area (Å²) in [6, 6.07) is 0. The first-order valence-corrected chi connectivity index (χ1v) is 31.0. The predicted molar refractivity (Wildman–Crippen MR) is 311 cm³/mol. The lowest BCUT2D eigenvalue weighted by Gasteiger charge is -2.15. The van der Waals surface area contributed by atoms with Gasteiger partial charge < -0.3 is 14.6 Å². The van der Waals surface area contributed by atoms with Crippen molar-refractivity contribution < 1.29 is 24.2 Å². The van der Waals surface area contributed by atoms with E-state index in [1.807, 2.05) is 0 Å². The van der Waals surface area contributed by atoms with Crippen LogP contribution < -0.4 is 0 Å². The number of aliphatic hydroxyl groups is 1. The van der Waals surface area contributed by atoms with E-state index in [9.17, 15) is 14.7 Å². The molecule has 0 heterocycles. The Morgan fingerprint density at radius 2 is 0.606 bits per heavy atom. The highest BCUT2D eigenvalue weighted by Gasteiger charge is 2.16. The lowest BCUT2D eigenvalue weighted by Crippen LogP contribution is -2.28. The predicted octanol–water partition coefficient (Wildman–Crippen LogP) is 21.1. The maximum Gasteiger partial charge on any atom is 0.306 e. The van der Waals surface area contributed by atoms with E-state index >= 15 is 0 Å². The van der Waals surface area contributed by atoms with Gasteiger partial charge in [0.1, 0.15) is 6.61 Å². The molecule has 1 unspecified atom stereocenters. The fourth-order valence-electron chi connectivity index (χ4n) is 9.15. The van der Waals surface area contributed by atoms with Crippen LogP contribution >= 0.6 is 0 Å². The first kappa shape index (κ1) is 68.3. The van der Waals surface area contributed by atoms with E-state index in [0.717, 1.165) is 83.5 Å². The summed E-state index contributed by atoms with van der Waals surface area (Å²) in [7, 11) is 0. The van der Waals surface area contributed by atoms with Gasteiger partial charge in [-0.3, -0.25) is 9.59 Å². The fraction of sp³-hybridized carbons (Fsp3) is 0.788. The largest absolute Gasteiger partial charge is 0.462 e. The van der Waals surface area contributed by atoms with Crippen LogP contribution in [0.5, 0.6) is 0 Å². The molecule has 0 saturated carbocycles. The van der Waals surface area contributed by atoms with Gasteiger partial charge in [-0.25, -0.2) is 0 Å². The zero-order valence-corrected chi connectivity index (χ0v) is 47.2. The summed E-state index contributed by atoms with van der Waals surface area (Å²) in [6.07, 6.45) is 84.7. The van der Waals surface area contributed by atoms with E-state index in [-0.39, 0.29) is 25.2 Å². The number of allylic oxidation sites excluding steroid dienone is 12. The molecule has 1 N–H and O–H groups in total. The minimum Gasteiger partial charge on any atom is -0.462 e. The Bertz CT molecular complexity index is 1260. The third-order valence-electron chi connectivity index (χ3n) is 13.8. The molecule has 0 aliphatic heterocycles. The number of aliphatic hydroxyl groups excluding tert-OH is 1. The van der Waals surface area contributed by atoms with Crippen molar-refractivity contribution in [2.75, 3.05) is 13.2 Å². The molecule has 0 radical (unpaired) electrons. The topological polar surface area (TPSA) is 72.8 Å². The first-order valence-electron chi connectivity index (χ1n) is 31.0. The lowest BCUT2D eigenvalue weighted by atomic mass is 10.0.